The molecule has 3 heterocycles. The van der Waals surface area contributed by atoms with Gasteiger partial charge >= 0.3 is 0 Å². The molecule has 0 aliphatic carbocycles. The molecule has 0 saturated carbocycles. The normalized spacial score (nSPS) is 14.1. The number of H-pyrrole nitrogens is 1. The smallest absolute Gasteiger partial charge is 0.294 e. The van der Waals surface area contributed by atoms with E-state index in [0.717, 1.165) is 42.7 Å². The average Bonchev–Trinajstić information content (AvgIpc) is 3.34. The van der Waals surface area contributed by atoms with E-state index in [1.54, 1.807) is 6.20 Å². The van der Waals surface area contributed by atoms with Gasteiger partial charge in [0.25, 0.3) is 5.91 Å². The van der Waals surface area contributed by atoms with E-state index in [4.69, 9.17) is 4.74 Å². The number of nitrogens with zero attached hydrogens (tertiary/aromatic N) is 3. The molecule has 1 aliphatic rings. The van der Waals surface area contributed by atoms with Gasteiger partial charge in [-0.1, -0.05) is 48.5 Å². The van der Waals surface area contributed by atoms with Crippen molar-refractivity contribution >= 4 is 11.7 Å². The number of anilines is 1. The lowest BCUT2D eigenvalue weighted by atomic mass is 9.88. The van der Waals surface area contributed by atoms with E-state index in [-0.39, 0.29) is 11.7 Å². The van der Waals surface area contributed by atoms with Crippen LogP contribution in [0.4, 0.5) is 5.82 Å². The summed E-state index contributed by atoms with van der Waals surface area (Å²) in [5.74, 6) is 1.42. The molecule has 2 aromatic carbocycles. The van der Waals surface area contributed by atoms with Crippen molar-refractivity contribution in [2.75, 3.05) is 18.5 Å². The molecule has 7 heteroatoms. The van der Waals surface area contributed by atoms with Crippen molar-refractivity contribution in [1.29, 1.82) is 0 Å². The number of benzene rings is 2. The zero-order valence-electron chi connectivity index (χ0n) is 19.1. The number of carbonyl (C=O) groups excluding carboxylic acids is 1. The van der Waals surface area contributed by atoms with Crippen molar-refractivity contribution in [3.8, 4) is 11.1 Å². The van der Waals surface area contributed by atoms with Gasteiger partial charge in [0.15, 0.2) is 0 Å². The number of hydrogen-bond donors (Lipinski definition) is 2. The summed E-state index contributed by atoms with van der Waals surface area (Å²) in [6.07, 6.45) is 4.39. The maximum absolute atomic E-state index is 12.8. The third-order valence-electron chi connectivity index (χ3n) is 6.23. The van der Waals surface area contributed by atoms with Crippen LogP contribution in [0.5, 0.6) is 0 Å². The summed E-state index contributed by atoms with van der Waals surface area (Å²) >= 11 is 0. The number of rotatable bonds is 6. The van der Waals surface area contributed by atoms with E-state index in [2.05, 4.69) is 50.6 Å². The number of amides is 1. The Hall–Kier alpha value is -3.84. The van der Waals surface area contributed by atoms with Gasteiger partial charge in [0, 0.05) is 25.8 Å². The van der Waals surface area contributed by atoms with Gasteiger partial charge in [-0.2, -0.15) is 0 Å². The number of aryl methyl sites for hydroxylation is 1. The first-order valence-electron chi connectivity index (χ1n) is 11.6. The highest BCUT2D eigenvalue weighted by atomic mass is 16.5. The van der Waals surface area contributed by atoms with Crippen LogP contribution in [0.2, 0.25) is 0 Å². The van der Waals surface area contributed by atoms with Crippen LogP contribution in [0, 0.1) is 6.92 Å². The van der Waals surface area contributed by atoms with E-state index in [1.807, 2.05) is 42.5 Å². The van der Waals surface area contributed by atoms with Gasteiger partial charge in [-0.15, -0.1) is 10.2 Å². The molecule has 1 fully saturated rings. The van der Waals surface area contributed by atoms with E-state index < -0.39 is 0 Å². The van der Waals surface area contributed by atoms with Gasteiger partial charge in [0.2, 0.25) is 5.82 Å². The minimum absolute atomic E-state index is 0.163. The Bertz CT molecular complexity index is 1280. The monoisotopic (exact) mass is 453 g/mol. The highest BCUT2D eigenvalue weighted by Gasteiger charge is 2.18. The van der Waals surface area contributed by atoms with Crippen LogP contribution >= 0.6 is 0 Å². The molecule has 1 aliphatic heterocycles. The van der Waals surface area contributed by atoms with Crippen molar-refractivity contribution in [3.05, 3.63) is 95.2 Å². The fraction of sp³-hybridized carbons (Fsp3) is 0.259. The van der Waals surface area contributed by atoms with Crippen molar-refractivity contribution in [2.24, 2.45) is 0 Å². The number of ether oxygens (including phenoxy) is 1. The number of pyridine rings is 1. The zero-order chi connectivity index (χ0) is 23.3. The molecule has 1 amide bonds. The fourth-order valence-electron chi connectivity index (χ4n) is 4.35. The van der Waals surface area contributed by atoms with Gasteiger partial charge in [-0.05, 0) is 65.6 Å². The topological polar surface area (TPSA) is 92.8 Å². The molecule has 1 saturated heterocycles. The quantitative estimate of drug-likeness (QED) is 0.433. The number of aromatic amines is 1. The van der Waals surface area contributed by atoms with Gasteiger partial charge in [0.05, 0.1) is 0 Å². The molecule has 0 radical (unpaired) electrons. The lowest BCUT2D eigenvalue weighted by Crippen LogP contribution is -2.15. The first kappa shape index (κ1) is 22.0. The van der Waals surface area contributed by atoms with Gasteiger partial charge in [-0.3, -0.25) is 4.79 Å². The van der Waals surface area contributed by atoms with Crippen LogP contribution in [0.1, 0.15) is 51.9 Å². The van der Waals surface area contributed by atoms with Crippen molar-refractivity contribution in [3.63, 3.8) is 0 Å². The Morgan fingerprint density at radius 3 is 2.71 bits per heavy atom. The largest absolute Gasteiger partial charge is 0.381 e. The van der Waals surface area contributed by atoms with Crippen LogP contribution in [-0.2, 0) is 11.2 Å². The highest BCUT2D eigenvalue weighted by Crippen LogP contribution is 2.32. The number of carbonyl (C=O) groups is 1. The number of hydrogen-bond acceptors (Lipinski definition) is 5. The van der Waals surface area contributed by atoms with Crippen LogP contribution < -0.4 is 5.32 Å². The molecular weight excluding hydrogens is 426 g/mol. The summed E-state index contributed by atoms with van der Waals surface area (Å²) in [7, 11) is 0. The molecule has 0 bridgehead atoms. The number of aromatic nitrogens is 4. The van der Waals surface area contributed by atoms with Crippen molar-refractivity contribution in [1.82, 2.24) is 20.2 Å². The maximum Gasteiger partial charge on any atom is 0.294 e. The summed E-state index contributed by atoms with van der Waals surface area (Å²) in [5.41, 5.74) is 5.77. The SMILES string of the molecule is Cc1ccc(C2CCOCC2)cc1-c1ccnc(NC(=O)c2nnc(Cc3ccccc3)[nH]2)c1. The summed E-state index contributed by atoms with van der Waals surface area (Å²) in [4.78, 5) is 20.1. The molecule has 172 valence electrons. The summed E-state index contributed by atoms with van der Waals surface area (Å²) in [6, 6.07) is 20.4. The second kappa shape index (κ2) is 9.97. The zero-order valence-corrected chi connectivity index (χ0v) is 19.1. The Morgan fingerprint density at radius 2 is 1.88 bits per heavy atom. The molecule has 7 nitrogen and oxygen atoms in total. The van der Waals surface area contributed by atoms with Crippen LogP contribution in [-0.4, -0.2) is 39.3 Å². The predicted octanol–water partition coefficient (Wildman–Crippen LogP) is 4.91. The molecule has 34 heavy (non-hydrogen) atoms. The van der Waals surface area contributed by atoms with Gasteiger partial charge in [0.1, 0.15) is 11.6 Å². The summed E-state index contributed by atoms with van der Waals surface area (Å²) in [5, 5.41) is 11.0. The lowest BCUT2D eigenvalue weighted by molar-refractivity contribution is 0.0853. The van der Waals surface area contributed by atoms with Crippen LogP contribution in [0.25, 0.3) is 11.1 Å². The Labute approximate surface area is 198 Å². The maximum atomic E-state index is 12.8. The predicted molar refractivity (Wildman–Crippen MR) is 131 cm³/mol. The van der Waals surface area contributed by atoms with Gasteiger partial charge in [-0.25, -0.2) is 4.98 Å². The number of nitrogens with one attached hydrogen (secondary N) is 2. The Balaban J connectivity index is 1.31. The molecular formula is C27H27N5O2. The Kier molecular flexibility index (Phi) is 6.44. The summed E-state index contributed by atoms with van der Waals surface area (Å²) < 4.78 is 5.52. The third kappa shape index (κ3) is 5.05. The fourth-order valence-corrected chi connectivity index (χ4v) is 4.35. The van der Waals surface area contributed by atoms with Crippen molar-refractivity contribution in [2.45, 2.75) is 32.1 Å². The van der Waals surface area contributed by atoms with Gasteiger partial charge < -0.3 is 15.0 Å². The minimum Gasteiger partial charge on any atom is -0.381 e. The molecule has 0 unspecified atom stereocenters. The van der Waals surface area contributed by atoms with E-state index in [9.17, 15) is 4.79 Å². The standard InChI is InChI=1S/C27H27N5O2/c1-18-7-8-21(20-10-13-34-14-11-20)16-23(18)22-9-12-28-24(17-22)30-27(33)26-29-25(31-32-26)15-19-5-3-2-4-6-19/h2-9,12,16-17,20H,10-11,13-15H2,1H3,(H,28,30,33)(H,29,31,32). The lowest BCUT2D eigenvalue weighted by Gasteiger charge is -2.23. The Morgan fingerprint density at radius 1 is 1.06 bits per heavy atom. The van der Waals surface area contributed by atoms with Crippen LogP contribution in [0.3, 0.4) is 0 Å². The first-order valence-corrected chi connectivity index (χ1v) is 11.6. The minimum atomic E-state index is -0.371. The average molecular weight is 454 g/mol. The van der Waals surface area contributed by atoms with Crippen molar-refractivity contribution < 1.29 is 9.53 Å². The van der Waals surface area contributed by atoms with E-state index in [1.165, 1.54) is 11.1 Å². The third-order valence-corrected chi connectivity index (χ3v) is 6.23. The molecule has 5 rings (SSSR count). The highest BCUT2D eigenvalue weighted by molar-refractivity contribution is 6.01. The molecule has 0 spiro atoms. The van der Waals surface area contributed by atoms with E-state index >= 15 is 0 Å². The first-order chi connectivity index (χ1) is 16.7. The summed E-state index contributed by atoms with van der Waals surface area (Å²) in [6.45, 7) is 3.73. The molecule has 4 aromatic rings. The van der Waals surface area contributed by atoms with Crippen LogP contribution in [0.15, 0.2) is 66.9 Å². The second-order valence-electron chi connectivity index (χ2n) is 8.63. The molecule has 2 N–H and O–H groups in total. The van der Waals surface area contributed by atoms with E-state index in [0.29, 0.717) is 24.0 Å². The molecule has 2 aromatic heterocycles. The molecule has 0 atom stereocenters. The second-order valence-corrected chi connectivity index (χ2v) is 8.63.